The van der Waals surface area contributed by atoms with Crippen LogP contribution in [0, 0.1) is 6.92 Å². The minimum Gasteiger partial charge on any atom is -0.309 e. The minimum atomic E-state index is 0.636. The van der Waals surface area contributed by atoms with E-state index in [1.807, 2.05) is 72.0 Å². The molecule has 5 heteroatoms. The third kappa shape index (κ3) is 4.93. The van der Waals surface area contributed by atoms with Crippen LogP contribution in [0.1, 0.15) is 5.56 Å². The molecular formula is C46H30N4S. The highest BCUT2D eigenvalue weighted by atomic mass is 32.1. The van der Waals surface area contributed by atoms with Crippen LogP contribution in [0.3, 0.4) is 0 Å². The second kappa shape index (κ2) is 11.9. The Labute approximate surface area is 299 Å². The van der Waals surface area contributed by atoms with Gasteiger partial charge in [-0.3, -0.25) is 0 Å². The Morgan fingerprint density at radius 1 is 0.451 bits per heavy atom. The summed E-state index contributed by atoms with van der Waals surface area (Å²) in [4.78, 5) is 15.1. The van der Waals surface area contributed by atoms with Gasteiger partial charge in [-0.25, -0.2) is 15.0 Å². The molecule has 0 N–H and O–H groups in total. The monoisotopic (exact) mass is 670 g/mol. The lowest BCUT2D eigenvalue weighted by molar-refractivity contribution is 1.07. The van der Waals surface area contributed by atoms with Gasteiger partial charge < -0.3 is 4.57 Å². The zero-order chi connectivity index (χ0) is 33.9. The van der Waals surface area contributed by atoms with Crippen molar-refractivity contribution >= 4 is 53.3 Å². The Kier molecular flexibility index (Phi) is 6.86. The van der Waals surface area contributed by atoms with Gasteiger partial charge in [0.05, 0.1) is 16.7 Å². The fourth-order valence-corrected chi connectivity index (χ4v) is 8.61. The van der Waals surface area contributed by atoms with Crippen molar-refractivity contribution in [2.75, 3.05) is 0 Å². The van der Waals surface area contributed by atoms with Crippen molar-refractivity contribution in [1.82, 2.24) is 19.5 Å². The van der Waals surface area contributed by atoms with Crippen LogP contribution >= 0.6 is 11.3 Å². The second-order valence-electron chi connectivity index (χ2n) is 12.9. The number of aryl methyl sites for hydroxylation is 1. The van der Waals surface area contributed by atoms with Crippen molar-refractivity contribution in [2.45, 2.75) is 6.92 Å². The van der Waals surface area contributed by atoms with Gasteiger partial charge >= 0.3 is 0 Å². The predicted octanol–water partition coefficient (Wildman–Crippen LogP) is 12.3. The number of hydrogen-bond acceptors (Lipinski definition) is 4. The Morgan fingerprint density at radius 2 is 1.08 bits per heavy atom. The van der Waals surface area contributed by atoms with Crippen LogP contribution in [0.5, 0.6) is 0 Å². The molecule has 0 saturated carbocycles. The van der Waals surface area contributed by atoms with Crippen molar-refractivity contribution < 1.29 is 0 Å². The third-order valence-corrected chi connectivity index (χ3v) is 10.9. The van der Waals surface area contributed by atoms with E-state index in [-0.39, 0.29) is 0 Å². The topological polar surface area (TPSA) is 43.6 Å². The first kappa shape index (κ1) is 29.5. The van der Waals surface area contributed by atoms with Gasteiger partial charge in [-0.1, -0.05) is 133 Å². The van der Waals surface area contributed by atoms with E-state index in [2.05, 4.69) is 115 Å². The minimum absolute atomic E-state index is 0.636. The smallest absolute Gasteiger partial charge is 0.164 e. The first-order valence-corrected chi connectivity index (χ1v) is 17.9. The van der Waals surface area contributed by atoms with Gasteiger partial charge in [0.2, 0.25) is 0 Å². The summed E-state index contributed by atoms with van der Waals surface area (Å²) >= 11 is 1.88. The maximum absolute atomic E-state index is 5.07. The van der Waals surface area contributed by atoms with Crippen LogP contribution in [0.4, 0.5) is 0 Å². The molecular weight excluding hydrogens is 641 g/mol. The van der Waals surface area contributed by atoms with Crippen molar-refractivity contribution in [3.05, 3.63) is 169 Å². The molecule has 0 aliphatic carbocycles. The molecule has 10 rings (SSSR count). The maximum Gasteiger partial charge on any atom is 0.164 e. The maximum atomic E-state index is 5.07. The summed E-state index contributed by atoms with van der Waals surface area (Å²) in [5.41, 5.74) is 9.76. The standard InChI is InChI=1S/C46H30N4S/c1-29-13-12-18-32(27-29)37-28-33(46-48-44(30-14-4-2-5-15-30)47-45(49-46)31-16-6-3-7-17-31)23-25-39(37)50-38-21-10-8-20-36(38)42-40(50)26-24-35-34-19-9-11-22-41(34)51-43(35)42/h2-28H,1H3. The highest BCUT2D eigenvalue weighted by Gasteiger charge is 2.21. The van der Waals surface area contributed by atoms with Gasteiger partial charge in [-0.05, 0) is 48.9 Å². The number of hydrogen-bond donors (Lipinski definition) is 0. The summed E-state index contributed by atoms with van der Waals surface area (Å²) in [6.07, 6.45) is 0. The molecule has 0 spiro atoms. The van der Waals surface area contributed by atoms with Gasteiger partial charge in [-0.2, -0.15) is 0 Å². The van der Waals surface area contributed by atoms with Gasteiger partial charge in [0.15, 0.2) is 17.5 Å². The lowest BCUT2D eigenvalue weighted by atomic mass is 9.98. The van der Waals surface area contributed by atoms with E-state index in [0.29, 0.717) is 17.5 Å². The molecule has 3 aromatic heterocycles. The Bertz CT molecular complexity index is 2870. The number of aromatic nitrogens is 4. The van der Waals surface area contributed by atoms with E-state index >= 15 is 0 Å². The van der Waals surface area contributed by atoms with Crippen LogP contribution < -0.4 is 0 Å². The molecule has 3 heterocycles. The summed E-state index contributed by atoms with van der Waals surface area (Å²) in [5, 5.41) is 5.16. The molecule has 7 aromatic carbocycles. The zero-order valence-corrected chi connectivity index (χ0v) is 28.6. The van der Waals surface area contributed by atoms with Gasteiger partial charge in [0.1, 0.15) is 0 Å². The number of rotatable bonds is 5. The normalized spacial score (nSPS) is 11.6. The molecule has 0 unspecified atom stereocenters. The van der Waals surface area contributed by atoms with E-state index in [9.17, 15) is 0 Å². The summed E-state index contributed by atoms with van der Waals surface area (Å²) in [6, 6.07) is 57.8. The van der Waals surface area contributed by atoms with E-state index in [4.69, 9.17) is 15.0 Å². The van der Waals surface area contributed by atoms with E-state index in [1.54, 1.807) is 0 Å². The van der Waals surface area contributed by atoms with E-state index in [1.165, 1.54) is 47.5 Å². The highest BCUT2D eigenvalue weighted by molar-refractivity contribution is 7.26. The molecule has 0 aliphatic rings. The van der Waals surface area contributed by atoms with Crippen LogP contribution in [-0.2, 0) is 0 Å². The third-order valence-electron chi connectivity index (χ3n) is 9.70. The number of fused-ring (bicyclic) bond motifs is 7. The number of thiophene rings is 1. The molecule has 4 nitrogen and oxygen atoms in total. The predicted molar refractivity (Wildman–Crippen MR) is 214 cm³/mol. The second-order valence-corrected chi connectivity index (χ2v) is 14.0. The first-order valence-electron chi connectivity index (χ1n) is 17.1. The number of para-hydroxylation sites is 1. The molecule has 0 atom stereocenters. The molecule has 0 amide bonds. The summed E-state index contributed by atoms with van der Waals surface area (Å²) in [7, 11) is 0. The molecule has 240 valence electrons. The van der Waals surface area contributed by atoms with Gasteiger partial charge in [0, 0.05) is 53.2 Å². The van der Waals surface area contributed by atoms with Gasteiger partial charge in [0.25, 0.3) is 0 Å². The van der Waals surface area contributed by atoms with E-state index in [0.717, 1.165) is 33.5 Å². The van der Waals surface area contributed by atoms with E-state index < -0.39 is 0 Å². The lowest BCUT2D eigenvalue weighted by Gasteiger charge is -2.16. The Balaban J connectivity index is 1.25. The summed E-state index contributed by atoms with van der Waals surface area (Å²) in [6.45, 7) is 2.15. The SMILES string of the molecule is Cc1cccc(-c2cc(-c3nc(-c4ccccc4)nc(-c4ccccc4)n3)ccc2-n2c3ccccc3c3c4sc5ccccc5c4ccc32)c1. The quantitative estimate of drug-likeness (QED) is 0.183. The summed E-state index contributed by atoms with van der Waals surface area (Å²) < 4.78 is 5.07. The van der Waals surface area contributed by atoms with Crippen LogP contribution in [0.2, 0.25) is 0 Å². The Morgan fingerprint density at radius 3 is 1.80 bits per heavy atom. The Hall–Kier alpha value is -6.43. The zero-order valence-electron chi connectivity index (χ0n) is 27.8. The van der Waals surface area contributed by atoms with Crippen molar-refractivity contribution in [1.29, 1.82) is 0 Å². The number of benzene rings is 7. The molecule has 10 aromatic rings. The number of nitrogens with zero attached hydrogens (tertiary/aromatic N) is 4. The average Bonchev–Trinajstić information content (AvgIpc) is 3.74. The van der Waals surface area contributed by atoms with Crippen LogP contribution in [0.25, 0.3) is 93.0 Å². The first-order chi connectivity index (χ1) is 25.2. The molecule has 51 heavy (non-hydrogen) atoms. The lowest BCUT2D eigenvalue weighted by Crippen LogP contribution is -2.02. The highest BCUT2D eigenvalue weighted by Crippen LogP contribution is 2.44. The molecule has 0 saturated heterocycles. The molecule has 0 radical (unpaired) electrons. The van der Waals surface area contributed by atoms with Crippen molar-refractivity contribution in [3.8, 4) is 51.0 Å². The van der Waals surface area contributed by atoms with Crippen LogP contribution in [0.15, 0.2) is 164 Å². The fourth-order valence-electron chi connectivity index (χ4n) is 7.35. The molecule has 0 aliphatic heterocycles. The van der Waals surface area contributed by atoms with Crippen molar-refractivity contribution in [2.24, 2.45) is 0 Å². The average molecular weight is 671 g/mol. The molecule has 0 bridgehead atoms. The van der Waals surface area contributed by atoms with Crippen molar-refractivity contribution in [3.63, 3.8) is 0 Å². The van der Waals surface area contributed by atoms with Gasteiger partial charge in [-0.15, -0.1) is 11.3 Å². The van der Waals surface area contributed by atoms with Crippen LogP contribution in [-0.4, -0.2) is 19.5 Å². The molecule has 0 fully saturated rings. The largest absolute Gasteiger partial charge is 0.309 e. The fraction of sp³-hybridized carbons (Fsp3) is 0.0217. The summed E-state index contributed by atoms with van der Waals surface area (Å²) in [5.74, 6) is 1.93.